The number of carbonyl (C=O) groups is 1. The summed E-state index contributed by atoms with van der Waals surface area (Å²) >= 11 is 0. The zero-order valence-corrected chi connectivity index (χ0v) is 12.4. The number of piperidine rings is 1. The number of hydrogen-bond donors (Lipinski definition) is 1. The first-order valence-electron chi connectivity index (χ1n) is 7.35. The molecular weight excluding hydrogens is 264 g/mol. The van der Waals surface area contributed by atoms with Gasteiger partial charge in [-0.15, -0.1) is 12.4 Å². The lowest BCUT2D eigenvalue weighted by Gasteiger charge is -2.40. The van der Waals surface area contributed by atoms with Gasteiger partial charge < -0.3 is 15.4 Å². The SMILES string of the molecule is CC1CCN(C(=O)C2CC3CCC2O3)C(CN)C1.Cl. The highest BCUT2D eigenvalue weighted by Gasteiger charge is 2.46. The third-order valence-electron chi connectivity index (χ3n) is 4.96. The molecule has 5 heteroatoms. The minimum absolute atomic E-state index is 0. The molecule has 0 aromatic carbocycles. The van der Waals surface area contributed by atoms with Gasteiger partial charge in [-0.1, -0.05) is 6.92 Å². The molecule has 3 rings (SSSR count). The maximum absolute atomic E-state index is 12.7. The Labute approximate surface area is 121 Å². The van der Waals surface area contributed by atoms with Gasteiger partial charge in [-0.3, -0.25) is 4.79 Å². The smallest absolute Gasteiger partial charge is 0.228 e. The highest BCUT2D eigenvalue weighted by molar-refractivity contribution is 5.85. The van der Waals surface area contributed by atoms with Crippen LogP contribution in [0.15, 0.2) is 0 Å². The second-order valence-corrected chi connectivity index (χ2v) is 6.27. The first-order chi connectivity index (χ1) is 8.69. The van der Waals surface area contributed by atoms with Crippen molar-refractivity contribution in [2.45, 2.75) is 57.3 Å². The van der Waals surface area contributed by atoms with Crippen LogP contribution in [0.2, 0.25) is 0 Å². The Morgan fingerprint density at radius 3 is 2.68 bits per heavy atom. The van der Waals surface area contributed by atoms with Gasteiger partial charge in [0.15, 0.2) is 0 Å². The molecule has 0 aliphatic carbocycles. The molecule has 2 N–H and O–H groups in total. The zero-order valence-electron chi connectivity index (χ0n) is 11.6. The van der Waals surface area contributed by atoms with Gasteiger partial charge in [0.2, 0.25) is 5.91 Å². The summed E-state index contributed by atoms with van der Waals surface area (Å²) in [5, 5.41) is 0. The topological polar surface area (TPSA) is 55.6 Å². The Kier molecular flexibility index (Phi) is 4.75. The largest absolute Gasteiger partial charge is 0.374 e. The summed E-state index contributed by atoms with van der Waals surface area (Å²) in [5.41, 5.74) is 5.84. The van der Waals surface area contributed by atoms with Crippen LogP contribution < -0.4 is 5.73 Å². The molecule has 110 valence electrons. The highest BCUT2D eigenvalue weighted by Crippen LogP contribution is 2.40. The van der Waals surface area contributed by atoms with Crippen LogP contribution in [0, 0.1) is 11.8 Å². The van der Waals surface area contributed by atoms with Crippen molar-refractivity contribution >= 4 is 18.3 Å². The van der Waals surface area contributed by atoms with Gasteiger partial charge in [0, 0.05) is 19.1 Å². The van der Waals surface area contributed by atoms with Crippen molar-refractivity contribution in [3.8, 4) is 0 Å². The van der Waals surface area contributed by atoms with Crippen molar-refractivity contribution in [2.24, 2.45) is 17.6 Å². The summed E-state index contributed by atoms with van der Waals surface area (Å²) in [6.07, 6.45) is 5.87. The quantitative estimate of drug-likeness (QED) is 0.839. The maximum atomic E-state index is 12.7. The number of likely N-dealkylation sites (tertiary alicyclic amines) is 1. The number of hydrogen-bond acceptors (Lipinski definition) is 3. The van der Waals surface area contributed by atoms with E-state index in [0.29, 0.717) is 24.5 Å². The number of halogens is 1. The van der Waals surface area contributed by atoms with Gasteiger partial charge in [-0.05, 0) is 38.0 Å². The minimum atomic E-state index is 0. The Balaban J connectivity index is 0.00000133. The normalized spacial score (nSPS) is 41.2. The predicted molar refractivity (Wildman–Crippen MR) is 76.2 cm³/mol. The zero-order chi connectivity index (χ0) is 12.7. The van der Waals surface area contributed by atoms with Crippen molar-refractivity contribution in [2.75, 3.05) is 13.1 Å². The number of ether oxygens (including phenoxy) is 1. The van der Waals surface area contributed by atoms with Crippen LogP contribution in [0.1, 0.15) is 39.0 Å². The van der Waals surface area contributed by atoms with E-state index >= 15 is 0 Å². The lowest BCUT2D eigenvalue weighted by Crippen LogP contribution is -2.52. The fourth-order valence-electron chi connectivity index (χ4n) is 3.88. The minimum Gasteiger partial charge on any atom is -0.374 e. The molecule has 0 saturated carbocycles. The molecule has 4 nitrogen and oxygen atoms in total. The van der Waals surface area contributed by atoms with E-state index in [9.17, 15) is 4.79 Å². The Hall–Kier alpha value is -0.320. The van der Waals surface area contributed by atoms with E-state index in [-0.39, 0.29) is 30.5 Å². The van der Waals surface area contributed by atoms with Gasteiger partial charge in [0.05, 0.1) is 18.1 Å². The number of amides is 1. The fourth-order valence-corrected chi connectivity index (χ4v) is 3.88. The molecule has 3 aliphatic rings. The van der Waals surface area contributed by atoms with Crippen LogP contribution in [0.3, 0.4) is 0 Å². The third kappa shape index (κ3) is 2.76. The van der Waals surface area contributed by atoms with E-state index in [0.717, 1.165) is 38.6 Å². The van der Waals surface area contributed by atoms with Gasteiger partial charge in [0.1, 0.15) is 0 Å². The summed E-state index contributed by atoms with van der Waals surface area (Å²) in [6.45, 7) is 3.73. The van der Waals surface area contributed by atoms with Crippen LogP contribution in [-0.2, 0) is 9.53 Å². The second-order valence-electron chi connectivity index (χ2n) is 6.27. The average Bonchev–Trinajstić information content (AvgIpc) is 3.00. The molecule has 0 aromatic rings. The van der Waals surface area contributed by atoms with Crippen molar-refractivity contribution < 1.29 is 9.53 Å². The van der Waals surface area contributed by atoms with E-state index in [1.54, 1.807) is 0 Å². The van der Waals surface area contributed by atoms with Crippen LogP contribution in [-0.4, -0.2) is 42.1 Å². The van der Waals surface area contributed by atoms with Crippen molar-refractivity contribution in [1.82, 2.24) is 4.90 Å². The molecule has 3 heterocycles. The molecule has 5 unspecified atom stereocenters. The number of nitrogens with zero attached hydrogens (tertiary/aromatic N) is 1. The molecule has 0 spiro atoms. The van der Waals surface area contributed by atoms with Crippen molar-refractivity contribution in [1.29, 1.82) is 0 Å². The summed E-state index contributed by atoms with van der Waals surface area (Å²) in [5.74, 6) is 1.12. The Morgan fingerprint density at radius 1 is 1.32 bits per heavy atom. The molecular formula is C14H25ClN2O2. The highest BCUT2D eigenvalue weighted by atomic mass is 35.5. The number of carbonyl (C=O) groups excluding carboxylic acids is 1. The molecule has 19 heavy (non-hydrogen) atoms. The van der Waals surface area contributed by atoms with Crippen LogP contribution in [0.4, 0.5) is 0 Å². The Bertz CT molecular complexity index is 339. The molecule has 5 atom stereocenters. The molecule has 2 bridgehead atoms. The molecule has 3 fully saturated rings. The molecule has 0 radical (unpaired) electrons. The first-order valence-corrected chi connectivity index (χ1v) is 7.35. The monoisotopic (exact) mass is 288 g/mol. The summed E-state index contributed by atoms with van der Waals surface area (Å²) in [7, 11) is 0. The lowest BCUT2D eigenvalue weighted by molar-refractivity contribution is -0.141. The van der Waals surface area contributed by atoms with Crippen molar-refractivity contribution in [3.63, 3.8) is 0 Å². The summed E-state index contributed by atoms with van der Waals surface area (Å²) in [4.78, 5) is 14.7. The van der Waals surface area contributed by atoms with Crippen LogP contribution in [0.25, 0.3) is 0 Å². The maximum Gasteiger partial charge on any atom is 0.228 e. The van der Waals surface area contributed by atoms with Gasteiger partial charge in [0.25, 0.3) is 0 Å². The van der Waals surface area contributed by atoms with E-state index in [2.05, 4.69) is 11.8 Å². The number of rotatable bonds is 2. The molecule has 3 aliphatic heterocycles. The third-order valence-corrected chi connectivity index (χ3v) is 4.96. The summed E-state index contributed by atoms with van der Waals surface area (Å²) < 4.78 is 5.81. The lowest BCUT2D eigenvalue weighted by atomic mass is 9.85. The number of fused-ring (bicyclic) bond motifs is 2. The van der Waals surface area contributed by atoms with Gasteiger partial charge in [-0.2, -0.15) is 0 Å². The van der Waals surface area contributed by atoms with E-state index in [4.69, 9.17) is 10.5 Å². The van der Waals surface area contributed by atoms with Crippen LogP contribution >= 0.6 is 12.4 Å². The van der Waals surface area contributed by atoms with Crippen LogP contribution in [0.5, 0.6) is 0 Å². The van der Waals surface area contributed by atoms with E-state index in [1.807, 2.05) is 0 Å². The van der Waals surface area contributed by atoms with Gasteiger partial charge in [-0.25, -0.2) is 0 Å². The Morgan fingerprint density at radius 2 is 2.11 bits per heavy atom. The summed E-state index contributed by atoms with van der Waals surface area (Å²) in [6, 6.07) is 0.250. The molecule has 1 amide bonds. The number of nitrogens with two attached hydrogens (primary N) is 1. The fraction of sp³-hybridized carbons (Fsp3) is 0.929. The average molecular weight is 289 g/mol. The van der Waals surface area contributed by atoms with E-state index in [1.165, 1.54) is 0 Å². The first kappa shape index (κ1) is 15.1. The predicted octanol–water partition coefficient (Wildman–Crippen LogP) is 1.56. The van der Waals surface area contributed by atoms with E-state index < -0.39 is 0 Å². The van der Waals surface area contributed by atoms with Gasteiger partial charge >= 0.3 is 0 Å². The molecule has 3 saturated heterocycles. The van der Waals surface area contributed by atoms with Crippen molar-refractivity contribution in [3.05, 3.63) is 0 Å². The standard InChI is InChI=1S/C14H24N2O2.ClH/c1-9-4-5-16(10(6-9)8-15)14(17)12-7-11-2-3-13(12)18-11;/h9-13H,2-8,15H2,1H3;1H. The molecule has 0 aromatic heterocycles. The second kappa shape index (κ2) is 5.98.